The second-order valence-electron chi connectivity index (χ2n) is 7.70. The van der Waals surface area contributed by atoms with Crippen LogP contribution in [0.4, 0.5) is 5.95 Å². The molecule has 5 nitrogen and oxygen atoms in total. The highest BCUT2D eigenvalue weighted by Gasteiger charge is 2.25. The SMILES string of the molecule is CCN(CC1CC1)Cn1nc(N2CCCC2)n(-c2ccc(C)cc2)c1=S. The highest BCUT2D eigenvalue weighted by Crippen LogP contribution is 2.30. The van der Waals surface area contributed by atoms with E-state index in [9.17, 15) is 0 Å². The molecule has 2 aromatic rings. The van der Waals surface area contributed by atoms with Crippen molar-refractivity contribution < 1.29 is 0 Å². The predicted molar refractivity (Wildman–Crippen MR) is 109 cm³/mol. The van der Waals surface area contributed by atoms with Crippen LogP contribution in [0.1, 0.15) is 38.2 Å². The summed E-state index contributed by atoms with van der Waals surface area (Å²) in [7, 11) is 0. The van der Waals surface area contributed by atoms with Gasteiger partial charge < -0.3 is 4.90 Å². The fourth-order valence-electron chi connectivity index (χ4n) is 3.67. The molecule has 1 aliphatic carbocycles. The maximum atomic E-state index is 5.87. The Hall–Kier alpha value is -1.66. The van der Waals surface area contributed by atoms with Gasteiger partial charge in [0.2, 0.25) is 10.7 Å². The summed E-state index contributed by atoms with van der Waals surface area (Å²) in [5.41, 5.74) is 2.37. The lowest BCUT2D eigenvalue weighted by molar-refractivity contribution is 0.207. The molecule has 1 aliphatic heterocycles. The van der Waals surface area contributed by atoms with Crippen LogP contribution in [0.15, 0.2) is 24.3 Å². The van der Waals surface area contributed by atoms with E-state index in [4.69, 9.17) is 17.3 Å². The van der Waals surface area contributed by atoms with Gasteiger partial charge in [0, 0.05) is 19.6 Å². The third kappa shape index (κ3) is 3.71. The number of aryl methyl sites for hydroxylation is 1. The highest BCUT2D eigenvalue weighted by molar-refractivity contribution is 7.71. The Kier molecular flexibility index (Phi) is 5.14. The zero-order valence-corrected chi connectivity index (χ0v) is 16.7. The van der Waals surface area contributed by atoms with Gasteiger partial charge in [-0.05, 0) is 69.4 Å². The molecule has 140 valence electrons. The molecule has 0 unspecified atom stereocenters. The van der Waals surface area contributed by atoms with Gasteiger partial charge in [-0.15, -0.1) is 5.10 Å². The van der Waals surface area contributed by atoms with Crippen molar-refractivity contribution in [3.63, 3.8) is 0 Å². The molecule has 0 spiro atoms. The second-order valence-corrected chi connectivity index (χ2v) is 8.07. The molecule has 2 heterocycles. The van der Waals surface area contributed by atoms with E-state index in [0.29, 0.717) is 0 Å². The van der Waals surface area contributed by atoms with Crippen LogP contribution in [-0.4, -0.2) is 45.4 Å². The summed E-state index contributed by atoms with van der Waals surface area (Å²) in [5.74, 6) is 1.88. The average molecular weight is 372 g/mol. The summed E-state index contributed by atoms with van der Waals surface area (Å²) in [6, 6.07) is 8.60. The van der Waals surface area contributed by atoms with Crippen molar-refractivity contribution in [2.45, 2.75) is 46.2 Å². The van der Waals surface area contributed by atoms with Crippen molar-refractivity contribution in [1.29, 1.82) is 0 Å². The van der Waals surface area contributed by atoms with Gasteiger partial charge in [0.1, 0.15) is 0 Å². The summed E-state index contributed by atoms with van der Waals surface area (Å²) in [4.78, 5) is 4.84. The predicted octanol–water partition coefficient (Wildman–Crippen LogP) is 4.00. The van der Waals surface area contributed by atoms with Crippen molar-refractivity contribution in [3.8, 4) is 5.69 Å². The summed E-state index contributed by atoms with van der Waals surface area (Å²) >= 11 is 5.87. The molecule has 0 radical (unpaired) electrons. The minimum Gasteiger partial charge on any atom is -0.341 e. The number of aromatic nitrogens is 3. The fraction of sp³-hybridized carbons (Fsp3) is 0.600. The molecular weight excluding hydrogens is 342 g/mol. The Morgan fingerprint density at radius 3 is 2.46 bits per heavy atom. The molecule has 0 atom stereocenters. The first-order chi connectivity index (χ1) is 12.7. The average Bonchev–Trinajstić information content (AvgIpc) is 3.17. The first-order valence-corrected chi connectivity index (χ1v) is 10.3. The van der Waals surface area contributed by atoms with Crippen molar-refractivity contribution in [3.05, 3.63) is 34.6 Å². The van der Waals surface area contributed by atoms with Crippen LogP contribution >= 0.6 is 12.2 Å². The fourth-order valence-corrected chi connectivity index (χ4v) is 3.96. The van der Waals surface area contributed by atoms with E-state index in [1.165, 1.54) is 31.2 Å². The number of nitrogens with zero attached hydrogens (tertiary/aromatic N) is 5. The van der Waals surface area contributed by atoms with Gasteiger partial charge in [-0.2, -0.15) is 0 Å². The minimum atomic E-state index is 0.783. The molecule has 1 saturated carbocycles. The van der Waals surface area contributed by atoms with Gasteiger partial charge in [-0.3, -0.25) is 9.47 Å². The van der Waals surface area contributed by atoms with E-state index in [2.05, 4.69) is 52.5 Å². The van der Waals surface area contributed by atoms with Crippen LogP contribution in [-0.2, 0) is 6.67 Å². The Labute approximate surface area is 161 Å². The monoisotopic (exact) mass is 371 g/mol. The number of rotatable bonds is 7. The maximum absolute atomic E-state index is 5.87. The van der Waals surface area contributed by atoms with E-state index < -0.39 is 0 Å². The van der Waals surface area contributed by atoms with Gasteiger partial charge in [0.05, 0.1) is 12.4 Å². The molecule has 1 aromatic heterocycles. The topological polar surface area (TPSA) is 29.2 Å². The lowest BCUT2D eigenvalue weighted by atomic mass is 10.2. The standard InChI is InChI=1S/C20H29N5S/c1-3-22(14-17-8-9-17)15-24-20(26)25(18-10-6-16(2)7-11-18)19(21-24)23-12-4-5-13-23/h6-7,10-11,17H,3-5,8-9,12-15H2,1-2H3. The first-order valence-electron chi connectivity index (χ1n) is 9.90. The third-order valence-electron chi connectivity index (χ3n) is 5.50. The van der Waals surface area contributed by atoms with Crippen LogP contribution in [0.2, 0.25) is 0 Å². The Balaban J connectivity index is 1.69. The summed E-state index contributed by atoms with van der Waals surface area (Å²) in [6.07, 6.45) is 5.21. The van der Waals surface area contributed by atoms with Crippen LogP contribution in [0, 0.1) is 17.6 Å². The molecule has 0 amide bonds. The van der Waals surface area contributed by atoms with Gasteiger partial charge in [0.15, 0.2) is 0 Å². The van der Waals surface area contributed by atoms with Crippen LogP contribution in [0.3, 0.4) is 0 Å². The lowest BCUT2D eigenvalue weighted by Gasteiger charge is -2.19. The number of hydrogen-bond acceptors (Lipinski definition) is 4. The van der Waals surface area contributed by atoms with E-state index >= 15 is 0 Å². The number of anilines is 1. The zero-order valence-electron chi connectivity index (χ0n) is 15.9. The molecule has 2 fully saturated rings. The van der Waals surface area contributed by atoms with Gasteiger partial charge >= 0.3 is 0 Å². The summed E-state index contributed by atoms with van der Waals surface area (Å²) in [5, 5.41) is 4.97. The van der Waals surface area contributed by atoms with E-state index in [-0.39, 0.29) is 0 Å². The van der Waals surface area contributed by atoms with Crippen molar-refractivity contribution in [1.82, 2.24) is 19.2 Å². The molecule has 1 saturated heterocycles. The van der Waals surface area contributed by atoms with Gasteiger partial charge in [-0.25, -0.2) is 4.68 Å². The molecule has 0 N–H and O–H groups in total. The molecule has 26 heavy (non-hydrogen) atoms. The quantitative estimate of drug-likeness (QED) is 0.688. The number of benzene rings is 1. The Morgan fingerprint density at radius 1 is 1.15 bits per heavy atom. The van der Waals surface area contributed by atoms with E-state index in [0.717, 1.165) is 55.2 Å². The van der Waals surface area contributed by atoms with Crippen molar-refractivity contribution in [2.24, 2.45) is 5.92 Å². The van der Waals surface area contributed by atoms with Crippen LogP contribution in [0.5, 0.6) is 0 Å². The minimum absolute atomic E-state index is 0.783. The Bertz CT molecular complexity index is 797. The Morgan fingerprint density at radius 2 is 1.85 bits per heavy atom. The normalized spacial score (nSPS) is 17.4. The smallest absolute Gasteiger partial charge is 0.230 e. The molecule has 0 bridgehead atoms. The molecule has 6 heteroatoms. The summed E-state index contributed by atoms with van der Waals surface area (Å²) < 4.78 is 4.98. The zero-order chi connectivity index (χ0) is 18.1. The molecule has 4 rings (SSSR count). The van der Waals surface area contributed by atoms with Gasteiger partial charge in [0.25, 0.3) is 0 Å². The largest absolute Gasteiger partial charge is 0.341 e. The lowest BCUT2D eigenvalue weighted by Crippen LogP contribution is -2.29. The number of hydrogen-bond donors (Lipinski definition) is 0. The van der Waals surface area contributed by atoms with Crippen molar-refractivity contribution >= 4 is 18.2 Å². The molecule has 1 aromatic carbocycles. The maximum Gasteiger partial charge on any atom is 0.230 e. The van der Waals surface area contributed by atoms with E-state index in [1.807, 2.05) is 4.68 Å². The van der Waals surface area contributed by atoms with Crippen molar-refractivity contribution in [2.75, 3.05) is 31.1 Å². The van der Waals surface area contributed by atoms with Crippen LogP contribution < -0.4 is 4.90 Å². The van der Waals surface area contributed by atoms with E-state index in [1.54, 1.807) is 0 Å². The highest BCUT2D eigenvalue weighted by atomic mass is 32.1. The molecular formula is C20H29N5S. The summed E-state index contributed by atoms with van der Waals surface area (Å²) in [6.45, 7) is 9.46. The molecule has 2 aliphatic rings. The van der Waals surface area contributed by atoms with Gasteiger partial charge in [-0.1, -0.05) is 24.6 Å². The van der Waals surface area contributed by atoms with Crippen LogP contribution in [0.25, 0.3) is 5.69 Å². The third-order valence-corrected chi connectivity index (χ3v) is 5.89. The first kappa shape index (κ1) is 17.7. The second kappa shape index (κ2) is 7.53.